The van der Waals surface area contributed by atoms with Crippen LogP contribution in [-0.2, 0) is 6.42 Å². The standard InChI is InChI=1S/C15H26N2S/c1-5-14-9-16-15(18-14)12(4)17-13-7-6-10(2)11(3)8-13/h9-13,17H,5-8H2,1-4H3. The Morgan fingerprint density at radius 2 is 2.17 bits per heavy atom. The van der Waals surface area contributed by atoms with E-state index in [0.717, 1.165) is 18.3 Å². The van der Waals surface area contributed by atoms with Crippen LogP contribution in [0.25, 0.3) is 0 Å². The van der Waals surface area contributed by atoms with Gasteiger partial charge in [0.25, 0.3) is 0 Å². The predicted octanol–water partition coefficient (Wildman–Crippen LogP) is 4.18. The number of rotatable bonds is 4. The highest BCUT2D eigenvalue weighted by Crippen LogP contribution is 2.31. The molecule has 0 bridgehead atoms. The van der Waals surface area contributed by atoms with E-state index in [1.165, 1.54) is 29.1 Å². The number of hydrogen-bond acceptors (Lipinski definition) is 3. The first-order chi connectivity index (χ1) is 8.60. The molecule has 3 heteroatoms. The van der Waals surface area contributed by atoms with Gasteiger partial charge in [0.1, 0.15) is 5.01 Å². The summed E-state index contributed by atoms with van der Waals surface area (Å²) >= 11 is 1.86. The van der Waals surface area contributed by atoms with Crippen molar-refractivity contribution < 1.29 is 0 Å². The summed E-state index contributed by atoms with van der Waals surface area (Å²) in [5.41, 5.74) is 0. The van der Waals surface area contributed by atoms with E-state index in [0.29, 0.717) is 12.1 Å². The highest BCUT2D eigenvalue weighted by Gasteiger charge is 2.25. The van der Waals surface area contributed by atoms with Crippen molar-refractivity contribution in [2.75, 3.05) is 0 Å². The third-order valence-corrected chi connectivity index (χ3v) is 5.70. The average Bonchev–Trinajstić information content (AvgIpc) is 2.82. The Hall–Kier alpha value is -0.410. The molecule has 0 aliphatic heterocycles. The fraction of sp³-hybridized carbons (Fsp3) is 0.800. The summed E-state index contributed by atoms with van der Waals surface area (Å²) in [5.74, 6) is 1.75. The van der Waals surface area contributed by atoms with E-state index in [1.807, 2.05) is 17.5 Å². The molecule has 4 unspecified atom stereocenters. The molecule has 1 heterocycles. The minimum absolute atomic E-state index is 0.404. The van der Waals surface area contributed by atoms with Crippen molar-refractivity contribution in [3.63, 3.8) is 0 Å². The summed E-state index contributed by atoms with van der Waals surface area (Å²) in [7, 11) is 0. The van der Waals surface area contributed by atoms with E-state index in [2.05, 4.69) is 38.0 Å². The van der Waals surface area contributed by atoms with Gasteiger partial charge < -0.3 is 5.32 Å². The summed E-state index contributed by atoms with van der Waals surface area (Å²) < 4.78 is 0. The Balaban J connectivity index is 1.89. The average molecular weight is 266 g/mol. The van der Waals surface area contributed by atoms with E-state index in [9.17, 15) is 0 Å². The molecular formula is C15H26N2S. The maximum absolute atomic E-state index is 4.54. The topological polar surface area (TPSA) is 24.9 Å². The Morgan fingerprint density at radius 3 is 2.78 bits per heavy atom. The highest BCUT2D eigenvalue weighted by molar-refractivity contribution is 7.11. The molecule has 1 aliphatic carbocycles. The molecule has 2 nitrogen and oxygen atoms in total. The number of aromatic nitrogens is 1. The fourth-order valence-electron chi connectivity index (χ4n) is 2.81. The zero-order valence-corrected chi connectivity index (χ0v) is 12.9. The monoisotopic (exact) mass is 266 g/mol. The van der Waals surface area contributed by atoms with E-state index in [1.54, 1.807) is 0 Å². The first-order valence-electron chi connectivity index (χ1n) is 7.30. The molecule has 1 fully saturated rings. The van der Waals surface area contributed by atoms with Crippen LogP contribution in [0, 0.1) is 11.8 Å². The number of nitrogens with one attached hydrogen (secondary N) is 1. The van der Waals surface area contributed by atoms with Gasteiger partial charge in [-0.05, 0) is 44.4 Å². The van der Waals surface area contributed by atoms with E-state index in [-0.39, 0.29) is 0 Å². The van der Waals surface area contributed by atoms with Crippen molar-refractivity contribution in [2.45, 2.75) is 65.5 Å². The van der Waals surface area contributed by atoms with Crippen molar-refractivity contribution in [1.82, 2.24) is 10.3 Å². The summed E-state index contributed by atoms with van der Waals surface area (Å²) in [5, 5.41) is 5.02. The van der Waals surface area contributed by atoms with Gasteiger partial charge in [0, 0.05) is 17.1 Å². The summed E-state index contributed by atoms with van der Waals surface area (Å²) in [6.45, 7) is 9.22. The Bertz CT molecular complexity index is 374. The van der Waals surface area contributed by atoms with Gasteiger partial charge >= 0.3 is 0 Å². The van der Waals surface area contributed by atoms with Gasteiger partial charge in [-0.15, -0.1) is 11.3 Å². The first-order valence-corrected chi connectivity index (χ1v) is 8.12. The Labute approximate surface area is 115 Å². The van der Waals surface area contributed by atoms with Crippen molar-refractivity contribution in [3.05, 3.63) is 16.1 Å². The molecule has 102 valence electrons. The van der Waals surface area contributed by atoms with Crippen LogP contribution in [0.2, 0.25) is 0 Å². The Kier molecular flexibility index (Phi) is 4.79. The summed E-state index contributed by atoms with van der Waals surface area (Å²) in [4.78, 5) is 5.94. The van der Waals surface area contributed by atoms with Crippen molar-refractivity contribution >= 4 is 11.3 Å². The minimum Gasteiger partial charge on any atom is -0.305 e. The number of aryl methyl sites for hydroxylation is 1. The molecule has 1 N–H and O–H groups in total. The van der Waals surface area contributed by atoms with Gasteiger partial charge in [0.05, 0.1) is 6.04 Å². The van der Waals surface area contributed by atoms with Gasteiger partial charge in [0.15, 0.2) is 0 Å². The van der Waals surface area contributed by atoms with Gasteiger partial charge in [-0.3, -0.25) is 0 Å². The molecule has 1 saturated carbocycles. The third kappa shape index (κ3) is 3.33. The lowest BCUT2D eigenvalue weighted by Crippen LogP contribution is -2.37. The van der Waals surface area contributed by atoms with Crippen LogP contribution in [0.15, 0.2) is 6.20 Å². The molecule has 2 rings (SSSR count). The third-order valence-electron chi connectivity index (χ3n) is 4.37. The van der Waals surface area contributed by atoms with Crippen LogP contribution in [-0.4, -0.2) is 11.0 Å². The molecule has 0 aromatic carbocycles. The van der Waals surface area contributed by atoms with Crippen LogP contribution in [0.4, 0.5) is 0 Å². The molecule has 0 spiro atoms. The van der Waals surface area contributed by atoms with Crippen molar-refractivity contribution in [3.8, 4) is 0 Å². The number of thiazole rings is 1. The maximum atomic E-state index is 4.54. The minimum atomic E-state index is 0.404. The lowest BCUT2D eigenvalue weighted by atomic mass is 9.79. The second kappa shape index (κ2) is 6.16. The van der Waals surface area contributed by atoms with Crippen LogP contribution in [0.1, 0.15) is 62.9 Å². The predicted molar refractivity (Wildman–Crippen MR) is 79.0 cm³/mol. The normalized spacial score (nSPS) is 30.3. The molecule has 1 aromatic heterocycles. The van der Waals surface area contributed by atoms with E-state index in [4.69, 9.17) is 0 Å². The zero-order chi connectivity index (χ0) is 13.1. The zero-order valence-electron chi connectivity index (χ0n) is 12.1. The molecule has 18 heavy (non-hydrogen) atoms. The number of hydrogen-bond donors (Lipinski definition) is 1. The van der Waals surface area contributed by atoms with Gasteiger partial charge in [-0.2, -0.15) is 0 Å². The van der Waals surface area contributed by atoms with E-state index < -0.39 is 0 Å². The smallest absolute Gasteiger partial charge is 0.109 e. The van der Waals surface area contributed by atoms with Gasteiger partial charge in [-0.25, -0.2) is 4.98 Å². The summed E-state index contributed by atoms with van der Waals surface area (Å²) in [6, 6.07) is 1.08. The fourth-order valence-corrected chi connectivity index (χ4v) is 3.68. The number of nitrogens with zero attached hydrogens (tertiary/aromatic N) is 1. The quantitative estimate of drug-likeness (QED) is 0.884. The first kappa shape index (κ1) is 14.0. The van der Waals surface area contributed by atoms with Crippen molar-refractivity contribution in [1.29, 1.82) is 0 Å². The molecule has 0 saturated heterocycles. The molecule has 0 amide bonds. The van der Waals surface area contributed by atoms with E-state index >= 15 is 0 Å². The van der Waals surface area contributed by atoms with Crippen LogP contribution in [0.5, 0.6) is 0 Å². The molecular weight excluding hydrogens is 240 g/mol. The second-order valence-electron chi connectivity index (χ2n) is 5.87. The SMILES string of the molecule is CCc1cnc(C(C)NC2CCC(C)C(C)C2)s1. The molecule has 4 atom stereocenters. The van der Waals surface area contributed by atoms with Crippen LogP contribution in [0.3, 0.4) is 0 Å². The van der Waals surface area contributed by atoms with Crippen LogP contribution < -0.4 is 5.32 Å². The largest absolute Gasteiger partial charge is 0.305 e. The van der Waals surface area contributed by atoms with Crippen molar-refractivity contribution in [2.24, 2.45) is 11.8 Å². The lowest BCUT2D eigenvalue weighted by molar-refractivity contribution is 0.217. The molecule has 1 aromatic rings. The second-order valence-corrected chi connectivity index (χ2v) is 7.02. The Morgan fingerprint density at radius 1 is 1.39 bits per heavy atom. The molecule has 0 radical (unpaired) electrons. The van der Waals surface area contributed by atoms with Gasteiger partial charge in [0.2, 0.25) is 0 Å². The summed E-state index contributed by atoms with van der Waals surface area (Å²) in [6.07, 6.45) is 7.13. The van der Waals surface area contributed by atoms with Gasteiger partial charge in [-0.1, -0.05) is 20.8 Å². The molecule has 1 aliphatic rings. The highest BCUT2D eigenvalue weighted by atomic mass is 32.1. The maximum Gasteiger partial charge on any atom is 0.109 e. The lowest BCUT2D eigenvalue weighted by Gasteiger charge is -2.34. The van der Waals surface area contributed by atoms with Crippen LogP contribution >= 0.6 is 11.3 Å².